The number of carbonyl (C=O) groups excluding carboxylic acids is 1. The Labute approximate surface area is 254 Å². The molecule has 1 atom stereocenters. The van der Waals surface area contributed by atoms with Gasteiger partial charge in [-0.2, -0.15) is 0 Å². The summed E-state index contributed by atoms with van der Waals surface area (Å²) in [6.45, 7) is 11.4. The van der Waals surface area contributed by atoms with Gasteiger partial charge in [0.15, 0.2) is 4.80 Å². The van der Waals surface area contributed by atoms with E-state index in [1.165, 1.54) is 11.3 Å². The van der Waals surface area contributed by atoms with Gasteiger partial charge in [0, 0.05) is 47.9 Å². The number of likely N-dealkylation sites (N-methyl/N-ethyl adjacent to an activating group) is 1. The number of nitrogens with zero attached hydrogens (tertiary/aromatic N) is 4. The molecular formula is C35H34N4O3S. The van der Waals surface area contributed by atoms with E-state index in [1.807, 2.05) is 81.5 Å². The lowest BCUT2D eigenvalue weighted by Gasteiger charge is -2.30. The molecule has 1 amide bonds. The van der Waals surface area contributed by atoms with Gasteiger partial charge in [0.2, 0.25) is 0 Å². The lowest BCUT2D eigenvalue weighted by Crippen LogP contribution is -2.43. The molecule has 5 aromatic rings. The standard InChI is InChI=1S/C35H34N4O3S/c1-6-19-38-21-24(25-14-11-12-16-27(25)38)20-29-33(40)39-32(31-26-15-10-9-13-23(26)17-18-28(31)42-5)30(22(4)36-35(39)43-29)34(41)37(7-2)8-3/h6,9-18,20-21,32H,1,7-8,19H2,2-5H3/b29-20+/t32-/m0/s1. The molecular weight excluding hydrogens is 556 g/mol. The van der Waals surface area contributed by atoms with Gasteiger partial charge in [-0.1, -0.05) is 65.9 Å². The van der Waals surface area contributed by atoms with Crippen molar-refractivity contribution in [3.63, 3.8) is 0 Å². The number of fused-ring (bicyclic) bond motifs is 3. The average Bonchev–Trinajstić information content (AvgIpc) is 3.52. The summed E-state index contributed by atoms with van der Waals surface area (Å²) in [5.74, 6) is 0.485. The zero-order chi connectivity index (χ0) is 30.2. The van der Waals surface area contributed by atoms with Crippen molar-refractivity contribution in [2.24, 2.45) is 4.99 Å². The molecule has 3 aromatic carbocycles. The number of ether oxygens (including phenoxy) is 1. The van der Waals surface area contributed by atoms with Crippen LogP contribution in [0, 0.1) is 0 Å². The van der Waals surface area contributed by atoms with Crippen LogP contribution in [0.15, 0.2) is 101 Å². The number of carbonyl (C=O) groups is 1. The van der Waals surface area contributed by atoms with Crippen LogP contribution < -0.4 is 19.6 Å². The van der Waals surface area contributed by atoms with Gasteiger partial charge in [0.1, 0.15) is 11.8 Å². The van der Waals surface area contributed by atoms with Crippen LogP contribution >= 0.6 is 11.3 Å². The minimum absolute atomic E-state index is 0.131. The topological polar surface area (TPSA) is 68.8 Å². The SMILES string of the molecule is C=CCn1cc(/C=c2/sc3n(c2=O)[C@H](c2c(OC)ccc4ccccc24)C(C(=O)N(CC)CC)=C(C)N=3)c2ccccc21. The highest BCUT2D eigenvalue weighted by molar-refractivity contribution is 7.07. The molecule has 0 fully saturated rings. The molecule has 2 aromatic heterocycles. The largest absolute Gasteiger partial charge is 0.496 e. The van der Waals surface area contributed by atoms with Crippen molar-refractivity contribution in [3.8, 4) is 5.75 Å². The van der Waals surface area contributed by atoms with Crippen molar-refractivity contribution in [1.29, 1.82) is 0 Å². The molecule has 0 bridgehead atoms. The highest BCUT2D eigenvalue weighted by atomic mass is 32.1. The fourth-order valence-corrected chi connectivity index (χ4v) is 7.14. The van der Waals surface area contributed by atoms with Crippen LogP contribution in [0.1, 0.15) is 37.9 Å². The molecule has 0 saturated carbocycles. The molecule has 7 nitrogen and oxygen atoms in total. The van der Waals surface area contributed by atoms with Crippen LogP contribution in [-0.2, 0) is 11.3 Å². The number of allylic oxidation sites excluding steroid dienone is 2. The molecule has 218 valence electrons. The Hall–Kier alpha value is -4.69. The monoisotopic (exact) mass is 590 g/mol. The molecule has 8 heteroatoms. The minimum Gasteiger partial charge on any atom is -0.496 e. The summed E-state index contributed by atoms with van der Waals surface area (Å²) >= 11 is 1.34. The van der Waals surface area contributed by atoms with Gasteiger partial charge >= 0.3 is 0 Å². The summed E-state index contributed by atoms with van der Waals surface area (Å²) in [5.41, 5.74) is 3.69. The second-order valence-electron chi connectivity index (χ2n) is 10.5. The molecule has 3 heterocycles. The number of aromatic nitrogens is 2. The molecule has 0 N–H and O–H groups in total. The fourth-order valence-electron chi connectivity index (χ4n) is 6.11. The van der Waals surface area contributed by atoms with Crippen LogP contribution in [0.5, 0.6) is 5.75 Å². The van der Waals surface area contributed by atoms with Gasteiger partial charge in [-0.25, -0.2) is 4.99 Å². The maximum atomic E-state index is 14.5. The first-order valence-corrected chi connectivity index (χ1v) is 15.3. The Kier molecular flexibility index (Phi) is 7.62. The maximum absolute atomic E-state index is 14.5. The smallest absolute Gasteiger partial charge is 0.271 e. The number of methoxy groups -OCH3 is 1. The second kappa shape index (κ2) is 11.5. The van der Waals surface area contributed by atoms with E-state index in [2.05, 4.69) is 29.5 Å². The maximum Gasteiger partial charge on any atom is 0.271 e. The van der Waals surface area contributed by atoms with E-state index in [1.54, 1.807) is 16.6 Å². The molecule has 43 heavy (non-hydrogen) atoms. The lowest BCUT2D eigenvalue weighted by atomic mass is 9.90. The van der Waals surface area contributed by atoms with Crippen LogP contribution in [0.25, 0.3) is 27.8 Å². The summed E-state index contributed by atoms with van der Waals surface area (Å²) in [7, 11) is 1.62. The molecule has 6 rings (SSSR count). The first-order chi connectivity index (χ1) is 20.9. The first kappa shape index (κ1) is 28.4. The Bertz CT molecular complexity index is 2110. The average molecular weight is 591 g/mol. The zero-order valence-electron chi connectivity index (χ0n) is 24.8. The molecule has 0 spiro atoms. The van der Waals surface area contributed by atoms with Crippen LogP contribution in [0.4, 0.5) is 0 Å². The Morgan fingerprint density at radius 3 is 2.51 bits per heavy atom. The van der Waals surface area contributed by atoms with Crippen molar-refractivity contribution >= 4 is 45.0 Å². The first-order valence-electron chi connectivity index (χ1n) is 14.5. The van der Waals surface area contributed by atoms with E-state index in [9.17, 15) is 9.59 Å². The number of para-hydroxylation sites is 1. The molecule has 0 saturated heterocycles. The summed E-state index contributed by atoms with van der Waals surface area (Å²) < 4.78 is 10.3. The summed E-state index contributed by atoms with van der Waals surface area (Å²) in [6.07, 6.45) is 5.85. The van der Waals surface area contributed by atoms with E-state index in [0.29, 0.717) is 46.0 Å². The van der Waals surface area contributed by atoms with E-state index in [-0.39, 0.29) is 11.5 Å². The van der Waals surface area contributed by atoms with E-state index >= 15 is 0 Å². The number of hydrogen-bond acceptors (Lipinski definition) is 5. The summed E-state index contributed by atoms with van der Waals surface area (Å²) in [5, 5.41) is 2.98. The second-order valence-corrected chi connectivity index (χ2v) is 11.5. The fraction of sp³-hybridized carbons (Fsp3) is 0.229. The van der Waals surface area contributed by atoms with Gasteiger partial charge < -0.3 is 14.2 Å². The Morgan fingerprint density at radius 2 is 1.79 bits per heavy atom. The highest BCUT2D eigenvalue weighted by Gasteiger charge is 2.36. The molecule has 0 unspecified atom stereocenters. The normalized spacial score (nSPS) is 15.1. The van der Waals surface area contributed by atoms with E-state index in [0.717, 1.165) is 32.8 Å². The third kappa shape index (κ3) is 4.72. The van der Waals surface area contributed by atoms with Gasteiger partial charge in [-0.05, 0) is 49.8 Å². The molecule has 1 aliphatic heterocycles. The van der Waals surface area contributed by atoms with Gasteiger partial charge in [-0.15, -0.1) is 6.58 Å². The number of hydrogen-bond donors (Lipinski definition) is 0. The van der Waals surface area contributed by atoms with Crippen LogP contribution in [-0.4, -0.2) is 40.1 Å². The number of thiazole rings is 1. The van der Waals surface area contributed by atoms with Crippen LogP contribution in [0.2, 0.25) is 0 Å². The number of rotatable bonds is 8. The summed E-state index contributed by atoms with van der Waals surface area (Å²) in [6, 6.07) is 19.3. The van der Waals surface area contributed by atoms with Gasteiger partial charge in [-0.3, -0.25) is 14.2 Å². The van der Waals surface area contributed by atoms with Gasteiger partial charge in [0.25, 0.3) is 11.5 Å². The van der Waals surface area contributed by atoms with Crippen molar-refractivity contribution in [1.82, 2.24) is 14.0 Å². The van der Waals surface area contributed by atoms with Crippen molar-refractivity contribution in [3.05, 3.63) is 122 Å². The van der Waals surface area contributed by atoms with Crippen molar-refractivity contribution in [2.45, 2.75) is 33.4 Å². The highest BCUT2D eigenvalue weighted by Crippen LogP contribution is 2.40. The Balaban J connectivity index is 1.66. The molecule has 0 radical (unpaired) electrons. The molecule has 1 aliphatic rings. The zero-order valence-corrected chi connectivity index (χ0v) is 25.6. The van der Waals surface area contributed by atoms with E-state index < -0.39 is 6.04 Å². The Morgan fingerprint density at radius 1 is 1.07 bits per heavy atom. The summed E-state index contributed by atoms with van der Waals surface area (Å²) in [4.78, 5) is 35.8. The molecule has 0 aliphatic carbocycles. The van der Waals surface area contributed by atoms with Crippen LogP contribution in [0.3, 0.4) is 0 Å². The number of benzene rings is 3. The lowest BCUT2D eigenvalue weighted by molar-refractivity contribution is -0.127. The van der Waals surface area contributed by atoms with Crippen molar-refractivity contribution < 1.29 is 9.53 Å². The van der Waals surface area contributed by atoms with Gasteiger partial charge in [0.05, 0.1) is 22.9 Å². The third-order valence-corrected chi connectivity index (χ3v) is 9.14. The third-order valence-electron chi connectivity index (χ3n) is 8.16. The number of amides is 1. The predicted molar refractivity (Wildman–Crippen MR) is 174 cm³/mol. The minimum atomic E-state index is -0.713. The predicted octanol–water partition coefficient (Wildman–Crippen LogP) is 5.41. The van der Waals surface area contributed by atoms with E-state index in [4.69, 9.17) is 9.73 Å². The quantitative estimate of drug-likeness (QED) is 0.227. The van der Waals surface area contributed by atoms with Crippen molar-refractivity contribution in [2.75, 3.05) is 20.2 Å².